The Balaban J connectivity index is 2.09. The van der Waals surface area contributed by atoms with Gasteiger partial charge in [0, 0.05) is 12.1 Å². The van der Waals surface area contributed by atoms with Gasteiger partial charge in [-0.2, -0.15) is 11.8 Å². The van der Waals surface area contributed by atoms with E-state index in [1.54, 1.807) is 0 Å². The van der Waals surface area contributed by atoms with Gasteiger partial charge in [-0.05, 0) is 43.9 Å². The van der Waals surface area contributed by atoms with E-state index in [1.165, 1.54) is 31.4 Å². The standard InChI is InChI=1S/C15H25NOS/c1-13-8-7-9-14(15(13)17)12-16-10-5-3-4-6-11-18-2/h7-9,16-17H,3-6,10-12H2,1-2H3. The van der Waals surface area contributed by atoms with Crippen molar-refractivity contribution in [2.75, 3.05) is 18.6 Å². The predicted molar refractivity (Wildman–Crippen MR) is 81.4 cm³/mol. The van der Waals surface area contributed by atoms with Gasteiger partial charge in [0.1, 0.15) is 5.75 Å². The lowest BCUT2D eigenvalue weighted by Crippen LogP contribution is -2.14. The molecule has 1 rings (SSSR count). The number of nitrogens with one attached hydrogen (secondary N) is 1. The highest BCUT2D eigenvalue weighted by Crippen LogP contribution is 2.20. The van der Waals surface area contributed by atoms with Crippen LogP contribution in [0.3, 0.4) is 0 Å². The lowest BCUT2D eigenvalue weighted by atomic mass is 10.1. The Morgan fingerprint density at radius 2 is 1.94 bits per heavy atom. The molecular formula is C15H25NOS. The quantitative estimate of drug-likeness (QED) is 0.669. The van der Waals surface area contributed by atoms with Gasteiger partial charge >= 0.3 is 0 Å². The average molecular weight is 267 g/mol. The summed E-state index contributed by atoms with van der Waals surface area (Å²) in [4.78, 5) is 0. The van der Waals surface area contributed by atoms with Crippen molar-refractivity contribution in [1.29, 1.82) is 0 Å². The molecule has 0 atom stereocenters. The van der Waals surface area contributed by atoms with Crippen LogP contribution in [0, 0.1) is 6.92 Å². The van der Waals surface area contributed by atoms with Crippen LogP contribution in [0.25, 0.3) is 0 Å². The Morgan fingerprint density at radius 3 is 2.72 bits per heavy atom. The molecule has 3 heteroatoms. The second-order valence-electron chi connectivity index (χ2n) is 4.67. The maximum atomic E-state index is 9.86. The van der Waals surface area contributed by atoms with Gasteiger partial charge in [0.25, 0.3) is 0 Å². The molecule has 102 valence electrons. The molecule has 0 aliphatic heterocycles. The molecular weight excluding hydrogens is 242 g/mol. The van der Waals surface area contributed by atoms with Gasteiger partial charge in [-0.1, -0.05) is 31.0 Å². The maximum Gasteiger partial charge on any atom is 0.122 e. The third-order valence-corrected chi connectivity index (χ3v) is 3.79. The van der Waals surface area contributed by atoms with E-state index in [-0.39, 0.29) is 0 Å². The molecule has 0 aliphatic carbocycles. The van der Waals surface area contributed by atoms with E-state index in [0.717, 1.165) is 24.2 Å². The fourth-order valence-corrected chi connectivity index (χ4v) is 2.43. The predicted octanol–water partition coefficient (Wildman–Crippen LogP) is 3.71. The third kappa shape index (κ3) is 5.78. The van der Waals surface area contributed by atoms with E-state index in [9.17, 15) is 5.11 Å². The number of hydrogen-bond acceptors (Lipinski definition) is 3. The van der Waals surface area contributed by atoms with Crippen molar-refractivity contribution in [2.45, 2.75) is 39.2 Å². The first-order valence-electron chi connectivity index (χ1n) is 6.73. The molecule has 0 radical (unpaired) electrons. The van der Waals surface area contributed by atoms with Crippen molar-refractivity contribution in [2.24, 2.45) is 0 Å². The summed E-state index contributed by atoms with van der Waals surface area (Å²) in [6, 6.07) is 5.91. The second kappa shape index (κ2) is 9.29. The highest BCUT2D eigenvalue weighted by Gasteiger charge is 2.02. The minimum absolute atomic E-state index is 0.435. The first-order chi connectivity index (χ1) is 8.75. The van der Waals surface area contributed by atoms with Crippen molar-refractivity contribution in [1.82, 2.24) is 5.32 Å². The fraction of sp³-hybridized carbons (Fsp3) is 0.600. The van der Waals surface area contributed by atoms with Crippen LogP contribution in [-0.2, 0) is 6.54 Å². The first-order valence-corrected chi connectivity index (χ1v) is 8.12. The number of benzene rings is 1. The highest BCUT2D eigenvalue weighted by atomic mass is 32.2. The van der Waals surface area contributed by atoms with Crippen LogP contribution in [0.15, 0.2) is 18.2 Å². The summed E-state index contributed by atoms with van der Waals surface area (Å²) in [7, 11) is 0. The second-order valence-corrected chi connectivity index (χ2v) is 5.65. The van der Waals surface area contributed by atoms with Crippen molar-refractivity contribution in [3.05, 3.63) is 29.3 Å². The largest absolute Gasteiger partial charge is 0.507 e. The normalized spacial score (nSPS) is 10.8. The van der Waals surface area contributed by atoms with E-state index in [1.807, 2.05) is 36.9 Å². The van der Waals surface area contributed by atoms with Crippen molar-refractivity contribution >= 4 is 11.8 Å². The molecule has 0 bridgehead atoms. The van der Waals surface area contributed by atoms with Gasteiger partial charge < -0.3 is 10.4 Å². The topological polar surface area (TPSA) is 32.3 Å². The summed E-state index contributed by atoms with van der Waals surface area (Å²) in [5, 5.41) is 13.3. The lowest BCUT2D eigenvalue weighted by Gasteiger charge is -2.08. The van der Waals surface area contributed by atoms with Crippen LogP contribution in [0.2, 0.25) is 0 Å². The maximum absolute atomic E-state index is 9.86. The fourth-order valence-electron chi connectivity index (χ4n) is 1.94. The number of aromatic hydroxyl groups is 1. The molecule has 2 N–H and O–H groups in total. The first kappa shape index (κ1) is 15.4. The van der Waals surface area contributed by atoms with Gasteiger partial charge in [-0.25, -0.2) is 0 Å². The van der Waals surface area contributed by atoms with E-state index < -0.39 is 0 Å². The smallest absolute Gasteiger partial charge is 0.122 e. The van der Waals surface area contributed by atoms with Crippen LogP contribution in [0.1, 0.15) is 36.8 Å². The van der Waals surface area contributed by atoms with E-state index in [2.05, 4.69) is 11.6 Å². The Hall–Kier alpha value is -0.670. The molecule has 2 nitrogen and oxygen atoms in total. The van der Waals surface area contributed by atoms with E-state index in [0.29, 0.717) is 5.75 Å². The monoisotopic (exact) mass is 267 g/mol. The van der Waals surface area contributed by atoms with Crippen molar-refractivity contribution in [3.8, 4) is 5.75 Å². The Kier molecular flexibility index (Phi) is 7.94. The number of phenols is 1. The zero-order chi connectivity index (χ0) is 13.2. The Morgan fingerprint density at radius 1 is 1.17 bits per heavy atom. The number of para-hydroxylation sites is 1. The molecule has 0 amide bonds. The molecule has 0 spiro atoms. The minimum Gasteiger partial charge on any atom is -0.507 e. The molecule has 0 aliphatic rings. The molecule has 0 unspecified atom stereocenters. The number of hydrogen-bond donors (Lipinski definition) is 2. The van der Waals surface area contributed by atoms with Gasteiger partial charge in [-0.3, -0.25) is 0 Å². The number of aryl methyl sites for hydroxylation is 1. The van der Waals surface area contributed by atoms with Gasteiger partial charge in [0.2, 0.25) is 0 Å². The summed E-state index contributed by atoms with van der Waals surface area (Å²) in [6.45, 7) is 3.73. The van der Waals surface area contributed by atoms with Crippen LogP contribution >= 0.6 is 11.8 Å². The Bertz CT molecular complexity index is 341. The lowest BCUT2D eigenvalue weighted by molar-refractivity contribution is 0.459. The molecule has 1 aromatic carbocycles. The van der Waals surface area contributed by atoms with Crippen LogP contribution in [-0.4, -0.2) is 23.7 Å². The molecule has 0 aromatic heterocycles. The molecule has 0 saturated carbocycles. The van der Waals surface area contributed by atoms with E-state index >= 15 is 0 Å². The zero-order valence-electron chi connectivity index (χ0n) is 11.5. The number of unbranched alkanes of at least 4 members (excludes halogenated alkanes) is 3. The number of phenolic OH excluding ortho intramolecular Hbond substituents is 1. The Labute approximate surface area is 115 Å². The third-order valence-electron chi connectivity index (χ3n) is 3.09. The van der Waals surface area contributed by atoms with Gasteiger partial charge in [-0.15, -0.1) is 0 Å². The SMILES string of the molecule is CSCCCCCCNCc1cccc(C)c1O. The molecule has 0 heterocycles. The number of thioether (sulfide) groups is 1. The van der Waals surface area contributed by atoms with Crippen molar-refractivity contribution in [3.63, 3.8) is 0 Å². The molecule has 0 saturated heterocycles. The van der Waals surface area contributed by atoms with Crippen LogP contribution < -0.4 is 5.32 Å². The van der Waals surface area contributed by atoms with Crippen LogP contribution in [0.4, 0.5) is 0 Å². The van der Waals surface area contributed by atoms with E-state index in [4.69, 9.17) is 0 Å². The summed E-state index contributed by atoms with van der Waals surface area (Å²) >= 11 is 1.93. The molecule has 1 aromatic rings. The summed E-state index contributed by atoms with van der Waals surface area (Å²) in [6.07, 6.45) is 7.35. The molecule has 0 fully saturated rings. The summed E-state index contributed by atoms with van der Waals surface area (Å²) < 4.78 is 0. The molecule has 18 heavy (non-hydrogen) atoms. The van der Waals surface area contributed by atoms with Gasteiger partial charge in [0.05, 0.1) is 0 Å². The minimum atomic E-state index is 0.435. The highest BCUT2D eigenvalue weighted by molar-refractivity contribution is 7.98. The number of rotatable bonds is 9. The summed E-state index contributed by atoms with van der Waals surface area (Å²) in [5.74, 6) is 1.72. The zero-order valence-corrected chi connectivity index (χ0v) is 12.4. The van der Waals surface area contributed by atoms with Crippen molar-refractivity contribution < 1.29 is 5.11 Å². The summed E-state index contributed by atoms with van der Waals surface area (Å²) in [5.41, 5.74) is 1.95. The van der Waals surface area contributed by atoms with Gasteiger partial charge in [0.15, 0.2) is 0 Å². The average Bonchev–Trinajstić information content (AvgIpc) is 2.37. The van der Waals surface area contributed by atoms with Crippen LogP contribution in [0.5, 0.6) is 5.75 Å².